The topological polar surface area (TPSA) is 65.5 Å². The molecular weight excluding hydrogens is 372 g/mol. The van der Waals surface area contributed by atoms with Gasteiger partial charge in [-0.1, -0.05) is 17.7 Å². The molecule has 0 spiro atoms. The number of aromatic nitrogens is 1. The van der Waals surface area contributed by atoms with Crippen molar-refractivity contribution in [3.63, 3.8) is 0 Å². The molecule has 1 saturated carbocycles. The molecule has 1 fully saturated rings. The molecule has 0 saturated heterocycles. The molecule has 1 aliphatic rings. The lowest BCUT2D eigenvalue weighted by atomic mass is 10.3. The molecule has 1 aliphatic carbocycles. The highest BCUT2D eigenvalue weighted by molar-refractivity contribution is 7.14. The van der Waals surface area contributed by atoms with Crippen LogP contribution in [0, 0.1) is 0 Å². The Kier molecular flexibility index (Phi) is 5.90. The first kappa shape index (κ1) is 18.8. The van der Waals surface area contributed by atoms with Crippen LogP contribution in [0.2, 0.25) is 5.02 Å². The Morgan fingerprint density at radius 3 is 2.81 bits per heavy atom. The van der Waals surface area contributed by atoms with Crippen molar-refractivity contribution < 1.29 is 9.59 Å². The van der Waals surface area contributed by atoms with Gasteiger partial charge in [-0.05, 0) is 38.1 Å². The summed E-state index contributed by atoms with van der Waals surface area (Å²) in [7, 11) is 1.88. The molecule has 0 unspecified atom stereocenters. The summed E-state index contributed by atoms with van der Waals surface area (Å²) in [6.45, 7) is 2.36. The second kappa shape index (κ2) is 8.16. The Morgan fingerprint density at radius 1 is 1.38 bits per heavy atom. The molecule has 6 nitrogen and oxygen atoms in total. The average Bonchev–Trinajstić information content (AvgIpc) is 3.25. The predicted octanol–water partition coefficient (Wildman–Crippen LogP) is 3.19. The fraction of sp³-hybridized carbons (Fsp3) is 0.389. The number of hydrogen-bond acceptors (Lipinski definition) is 5. The average molecular weight is 393 g/mol. The monoisotopic (exact) mass is 392 g/mol. The molecule has 1 N–H and O–H groups in total. The van der Waals surface area contributed by atoms with Gasteiger partial charge in [-0.2, -0.15) is 0 Å². The zero-order chi connectivity index (χ0) is 18.7. The summed E-state index contributed by atoms with van der Waals surface area (Å²) in [6.07, 6.45) is 2.16. The number of amides is 2. The number of nitrogens with one attached hydrogen (secondary N) is 1. The molecule has 0 radical (unpaired) electrons. The van der Waals surface area contributed by atoms with Crippen molar-refractivity contribution in [2.75, 3.05) is 18.5 Å². The van der Waals surface area contributed by atoms with E-state index in [2.05, 4.69) is 10.3 Å². The highest BCUT2D eigenvalue weighted by Gasteiger charge is 2.24. The van der Waals surface area contributed by atoms with Crippen molar-refractivity contribution in [1.82, 2.24) is 15.2 Å². The highest BCUT2D eigenvalue weighted by Crippen LogP contribution is 2.30. The zero-order valence-corrected chi connectivity index (χ0v) is 16.3. The van der Waals surface area contributed by atoms with Crippen LogP contribution in [0.3, 0.4) is 0 Å². The minimum Gasteiger partial charge on any atom is -0.352 e. The van der Waals surface area contributed by atoms with Crippen LogP contribution in [0.25, 0.3) is 0 Å². The number of benzene rings is 1. The van der Waals surface area contributed by atoms with Crippen molar-refractivity contribution in [3.8, 4) is 0 Å². The third-order valence-corrected chi connectivity index (χ3v) is 5.01. The fourth-order valence-corrected chi connectivity index (χ4v) is 3.65. The molecule has 0 atom stereocenters. The van der Waals surface area contributed by atoms with Crippen LogP contribution in [0.1, 0.15) is 25.5 Å². The molecule has 138 valence electrons. The lowest BCUT2D eigenvalue weighted by Crippen LogP contribution is -2.36. The van der Waals surface area contributed by atoms with E-state index < -0.39 is 0 Å². The summed E-state index contributed by atoms with van der Waals surface area (Å²) < 4.78 is 0. The number of carbonyl (C=O) groups excluding carboxylic acids is 2. The largest absolute Gasteiger partial charge is 0.352 e. The number of nitrogens with zero attached hydrogens (tertiary/aromatic N) is 3. The van der Waals surface area contributed by atoms with E-state index in [-0.39, 0.29) is 11.8 Å². The lowest BCUT2D eigenvalue weighted by molar-refractivity contribution is -0.122. The quantitative estimate of drug-likeness (QED) is 0.785. The van der Waals surface area contributed by atoms with E-state index in [4.69, 9.17) is 11.6 Å². The summed E-state index contributed by atoms with van der Waals surface area (Å²) in [4.78, 5) is 32.0. The predicted molar refractivity (Wildman–Crippen MR) is 104 cm³/mol. The van der Waals surface area contributed by atoms with E-state index in [0.717, 1.165) is 18.5 Å². The smallest absolute Gasteiger partial charge is 0.234 e. The lowest BCUT2D eigenvalue weighted by Gasteiger charge is -2.18. The Hall–Kier alpha value is -1.96. The molecule has 26 heavy (non-hydrogen) atoms. The molecule has 1 heterocycles. The third kappa shape index (κ3) is 5.03. The Labute approximate surface area is 161 Å². The van der Waals surface area contributed by atoms with Gasteiger partial charge in [0, 0.05) is 29.9 Å². The molecular formula is C18H21ClN4O2S. The molecule has 8 heteroatoms. The van der Waals surface area contributed by atoms with Gasteiger partial charge in [0.05, 0.1) is 17.9 Å². The van der Waals surface area contributed by atoms with E-state index in [1.807, 2.05) is 23.4 Å². The Balaban J connectivity index is 1.66. The van der Waals surface area contributed by atoms with Crippen molar-refractivity contribution in [3.05, 3.63) is 40.4 Å². The van der Waals surface area contributed by atoms with Gasteiger partial charge < -0.3 is 5.32 Å². The van der Waals surface area contributed by atoms with E-state index in [1.165, 1.54) is 18.3 Å². The zero-order valence-electron chi connectivity index (χ0n) is 14.7. The first-order valence-corrected chi connectivity index (χ1v) is 9.66. The van der Waals surface area contributed by atoms with Crippen LogP contribution in [-0.2, 0) is 16.1 Å². The maximum atomic E-state index is 12.1. The minimum atomic E-state index is -0.134. The van der Waals surface area contributed by atoms with Crippen LogP contribution >= 0.6 is 22.9 Å². The van der Waals surface area contributed by atoms with E-state index in [1.54, 1.807) is 23.1 Å². The number of thiazole rings is 1. The molecule has 1 aromatic heterocycles. The summed E-state index contributed by atoms with van der Waals surface area (Å²) in [6, 6.07) is 7.48. The maximum Gasteiger partial charge on any atom is 0.234 e. The van der Waals surface area contributed by atoms with Gasteiger partial charge in [0.1, 0.15) is 0 Å². The number of hydrogen-bond donors (Lipinski definition) is 1. The van der Waals surface area contributed by atoms with Gasteiger partial charge in [0.2, 0.25) is 11.8 Å². The van der Waals surface area contributed by atoms with Gasteiger partial charge >= 0.3 is 0 Å². The SMILES string of the molecule is CC(=O)N(c1cccc(Cl)c1)c1nc(CN(C)CC(=O)NC2CC2)cs1. The number of anilines is 2. The highest BCUT2D eigenvalue weighted by atomic mass is 35.5. The Morgan fingerprint density at radius 2 is 2.15 bits per heavy atom. The first-order chi connectivity index (χ1) is 12.4. The van der Waals surface area contributed by atoms with Gasteiger partial charge in [-0.15, -0.1) is 11.3 Å². The molecule has 0 aliphatic heterocycles. The van der Waals surface area contributed by atoms with E-state index in [0.29, 0.717) is 35.0 Å². The van der Waals surface area contributed by atoms with E-state index >= 15 is 0 Å². The number of rotatable bonds is 7. The fourth-order valence-electron chi connectivity index (χ4n) is 2.59. The van der Waals surface area contributed by atoms with Gasteiger partial charge in [-0.25, -0.2) is 4.98 Å². The number of halogens is 1. The molecule has 2 aromatic rings. The number of likely N-dealkylation sites (N-methyl/N-ethyl adjacent to an activating group) is 1. The summed E-state index contributed by atoms with van der Waals surface area (Å²) in [5.41, 5.74) is 1.50. The number of carbonyl (C=O) groups is 2. The van der Waals surface area contributed by atoms with E-state index in [9.17, 15) is 9.59 Å². The van der Waals surface area contributed by atoms with Crippen LogP contribution in [0.4, 0.5) is 10.8 Å². The van der Waals surface area contributed by atoms with Crippen LogP contribution in [0.5, 0.6) is 0 Å². The maximum absolute atomic E-state index is 12.1. The third-order valence-electron chi connectivity index (χ3n) is 3.90. The van der Waals surface area contributed by atoms with Crippen molar-refractivity contribution in [2.24, 2.45) is 0 Å². The summed E-state index contributed by atoms with van der Waals surface area (Å²) >= 11 is 7.44. The van der Waals surface area contributed by atoms with Crippen molar-refractivity contribution in [1.29, 1.82) is 0 Å². The van der Waals surface area contributed by atoms with Crippen LogP contribution in [-0.4, -0.2) is 41.3 Å². The van der Waals surface area contributed by atoms with Crippen molar-refractivity contribution in [2.45, 2.75) is 32.4 Å². The second-order valence-corrected chi connectivity index (χ2v) is 7.74. The van der Waals surface area contributed by atoms with Crippen LogP contribution < -0.4 is 10.2 Å². The normalized spacial score (nSPS) is 13.7. The standard InChI is InChI=1S/C18H21ClN4O2S/c1-12(24)23(16-5-3-4-13(19)8-16)18-21-15(11-26-18)9-22(2)10-17(25)20-14-6-7-14/h3-5,8,11,14H,6-7,9-10H2,1-2H3,(H,20,25). The van der Waals surface area contributed by atoms with Crippen molar-refractivity contribution >= 4 is 45.6 Å². The van der Waals surface area contributed by atoms with Gasteiger partial charge in [0.25, 0.3) is 0 Å². The molecule has 2 amide bonds. The van der Waals surface area contributed by atoms with Crippen LogP contribution in [0.15, 0.2) is 29.6 Å². The first-order valence-electron chi connectivity index (χ1n) is 8.41. The van der Waals surface area contributed by atoms with Gasteiger partial charge in [0.15, 0.2) is 5.13 Å². The molecule has 0 bridgehead atoms. The van der Waals surface area contributed by atoms with Gasteiger partial charge in [-0.3, -0.25) is 19.4 Å². The second-order valence-electron chi connectivity index (χ2n) is 6.47. The minimum absolute atomic E-state index is 0.0368. The summed E-state index contributed by atoms with van der Waals surface area (Å²) in [5.74, 6) is -0.0972. The summed E-state index contributed by atoms with van der Waals surface area (Å²) in [5, 5.41) is 6.03. The molecule has 3 rings (SSSR count). The molecule has 1 aromatic carbocycles. The Bertz CT molecular complexity index is 806.